The predicted molar refractivity (Wildman–Crippen MR) is 92.5 cm³/mol. The van der Waals surface area contributed by atoms with Gasteiger partial charge in [-0.25, -0.2) is 0 Å². The summed E-state index contributed by atoms with van der Waals surface area (Å²) in [7, 11) is 3.99. The molecule has 24 heavy (non-hydrogen) atoms. The Bertz CT molecular complexity index is 726. The van der Waals surface area contributed by atoms with Crippen molar-refractivity contribution in [1.29, 1.82) is 0 Å². The average Bonchev–Trinajstić information content (AvgIpc) is 3.03. The van der Waals surface area contributed by atoms with Crippen LogP contribution in [0.5, 0.6) is 11.5 Å². The Morgan fingerprint density at radius 3 is 2.54 bits per heavy atom. The molecule has 1 amide bonds. The molecule has 0 fully saturated rings. The first kappa shape index (κ1) is 16.3. The summed E-state index contributed by atoms with van der Waals surface area (Å²) in [6, 6.07) is 13.5. The zero-order chi connectivity index (χ0) is 17.1. The van der Waals surface area contributed by atoms with E-state index in [0.717, 1.165) is 22.6 Å². The first-order valence-corrected chi connectivity index (χ1v) is 7.95. The standard InChI is InChI=1S/C19H22N2O3/c1-13-4-6-14(7-5-13)19(22)20-11-16(21(2)3)15-8-9-17-18(10-15)24-12-23-17/h4-10,16H,11-12H2,1-3H3,(H,20,22)/t16-/m1/s1. The van der Waals surface area contributed by atoms with E-state index in [4.69, 9.17) is 9.47 Å². The van der Waals surface area contributed by atoms with Crippen molar-refractivity contribution in [3.05, 3.63) is 59.2 Å². The molecule has 1 heterocycles. The number of rotatable bonds is 5. The summed E-state index contributed by atoms with van der Waals surface area (Å²) in [6.07, 6.45) is 0. The van der Waals surface area contributed by atoms with Gasteiger partial charge >= 0.3 is 0 Å². The van der Waals surface area contributed by atoms with Gasteiger partial charge in [0.05, 0.1) is 6.04 Å². The quantitative estimate of drug-likeness (QED) is 0.918. The van der Waals surface area contributed by atoms with Gasteiger partial charge in [-0.05, 0) is 50.8 Å². The van der Waals surface area contributed by atoms with Crippen molar-refractivity contribution in [2.75, 3.05) is 27.4 Å². The molecule has 0 aliphatic carbocycles. The Morgan fingerprint density at radius 1 is 1.12 bits per heavy atom. The first-order valence-electron chi connectivity index (χ1n) is 7.95. The Morgan fingerprint density at radius 2 is 1.83 bits per heavy atom. The average molecular weight is 326 g/mol. The molecule has 1 N–H and O–H groups in total. The second-order valence-electron chi connectivity index (χ2n) is 6.17. The highest BCUT2D eigenvalue weighted by atomic mass is 16.7. The zero-order valence-corrected chi connectivity index (χ0v) is 14.2. The van der Waals surface area contributed by atoms with Crippen LogP contribution in [0, 0.1) is 6.92 Å². The Balaban J connectivity index is 1.70. The monoisotopic (exact) mass is 326 g/mol. The molecule has 0 saturated heterocycles. The van der Waals surface area contributed by atoms with Crippen LogP contribution in [0.2, 0.25) is 0 Å². The van der Waals surface area contributed by atoms with Crippen molar-refractivity contribution >= 4 is 5.91 Å². The van der Waals surface area contributed by atoms with Crippen LogP contribution in [-0.4, -0.2) is 38.2 Å². The van der Waals surface area contributed by atoms with Crippen LogP contribution in [-0.2, 0) is 0 Å². The normalized spacial score (nSPS) is 13.8. The van der Waals surface area contributed by atoms with E-state index in [9.17, 15) is 4.79 Å². The number of hydrogen-bond acceptors (Lipinski definition) is 4. The number of hydrogen-bond donors (Lipinski definition) is 1. The maximum Gasteiger partial charge on any atom is 0.251 e. The Hall–Kier alpha value is -2.53. The molecule has 0 aromatic heterocycles. The van der Waals surface area contributed by atoms with E-state index >= 15 is 0 Å². The Labute approximate surface area is 142 Å². The van der Waals surface area contributed by atoms with E-state index in [2.05, 4.69) is 10.2 Å². The highest BCUT2D eigenvalue weighted by Crippen LogP contribution is 2.34. The maximum atomic E-state index is 12.3. The number of carbonyl (C=O) groups excluding carboxylic acids is 1. The molecular formula is C19H22N2O3. The summed E-state index contributed by atoms with van der Waals surface area (Å²) in [6.45, 7) is 2.78. The molecule has 1 aliphatic heterocycles. The summed E-state index contributed by atoms with van der Waals surface area (Å²) in [5, 5.41) is 3.01. The van der Waals surface area contributed by atoms with Crippen LogP contribution >= 0.6 is 0 Å². The highest BCUT2D eigenvalue weighted by Gasteiger charge is 2.20. The van der Waals surface area contributed by atoms with Crippen LogP contribution in [0.1, 0.15) is 27.5 Å². The van der Waals surface area contributed by atoms with E-state index in [-0.39, 0.29) is 18.7 Å². The lowest BCUT2D eigenvalue weighted by molar-refractivity contribution is 0.0942. The van der Waals surface area contributed by atoms with E-state index in [0.29, 0.717) is 12.1 Å². The van der Waals surface area contributed by atoms with Gasteiger partial charge in [0.25, 0.3) is 5.91 Å². The fraction of sp³-hybridized carbons (Fsp3) is 0.316. The SMILES string of the molecule is Cc1ccc(C(=O)NC[C@H](c2ccc3c(c2)OCO3)N(C)C)cc1. The van der Waals surface area contributed by atoms with E-state index in [1.165, 1.54) is 0 Å². The third-order valence-electron chi connectivity index (χ3n) is 4.17. The summed E-state index contributed by atoms with van der Waals surface area (Å²) in [5.74, 6) is 1.45. The summed E-state index contributed by atoms with van der Waals surface area (Å²) >= 11 is 0. The van der Waals surface area contributed by atoms with Crippen LogP contribution in [0.3, 0.4) is 0 Å². The lowest BCUT2D eigenvalue weighted by Gasteiger charge is -2.25. The Kier molecular flexibility index (Phi) is 4.71. The molecule has 3 rings (SSSR count). The molecule has 0 saturated carbocycles. The van der Waals surface area contributed by atoms with Crippen molar-refractivity contribution < 1.29 is 14.3 Å². The van der Waals surface area contributed by atoms with Crippen molar-refractivity contribution in [1.82, 2.24) is 10.2 Å². The number of carbonyl (C=O) groups is 1. The second kappa shape index (κ2) is 6.93. The van der Waals surface area contributed by atoms with Gasteiger partial charge in [-0.15, -0.1) is 0 Å². The molecule has 0 bridgehead atoms. The van der Waals surface area contributed by atoms with E-state index in [1.54, 1.807) is 0 Å². The smallest absolute Gasteiger partial charge is 0.251 e. The third-order valence-corrected chi connectivity index (χ3v) is 4.17. The van der Waals surface area contributed by atoms with Crippen molar-refractivity contribution in [3.63, 3.8) is 0 Å². The van der Waals surface area contributed by atoms with Gasteiger partial charge in [0, 0.05) is 12.1 Å². The maximum absolute atomic E-state index is 12.3. The zero-order valence-electron chi connectivity index (χ0n) is 14.2. The molecule has 5 heteroatoms. The van der Waals surface area contributed by atoms with Gasteiger partial charge in [0.15, 0.2) is 11.5 Å². The number of benzene rings is 2. The lowest BCUT2D eigenvalue weighted by atomic mass is 10.0. The molecule has 1 atom stereocenters. The fourth-order valence-corrected chi connectivity index (χ4v) is 2.72. The van der Waals surface area contributed by atoms with Crippen LogP contribution in [0.25, 0.3) is 0 Å². The van der Waals surface area contributed by atoms with E-state index in [1.807, 2.05) is 63.5 Å². The number of ether oxygens (including phenoxy) is 2. The molecule has 0 spiro atoms. The topological polar surface area (TPSA) is 50.8 Å². The van der Waals surface area contributed by atoms with E-state index < -0.39 is 0 Å². The van der Waals surface area contributed by atoms with Gasteiger partial charge in [0.2, 0.25) is 6.79 Å². The molecule has 2 aromatic carbocycles. The number of nitrogens with zero attached hydrogens (tertiary/aromatic N) is 1. The van der Waals surface area contributed by atoms with Crippen molar-refractivity contribution in [3.8, 4) is 11.5 Å². The molecule has 5 nitrogen and oxygen atoms in total. The third kappa shape index (κ3) is 3.51. The van der Waals surface area contributed by atoms with Crippen LogP contribution < -0.4 is 14.8 Å². The lowest BCUT2D eigenvalue weighted by Crippen LogP contribution is -2.34. The number of fused-ring (bicyclic) bond motifs is 1. The van der Waals surface area contributed by atoms with Gasteiger partial charge in [-0.3, -0.25) is 4.79 Å². The minimum Gasteiger partial charge on any atom is -0.454 e. The van der Waals surface area contributed by atoms with Gasteiger partial charge < -0.3 is 19.7 Å². The molecule has 126 valence electrons. The minimum atomic E-state index is -0.0670. The van der Waals surface area contributed by atoms with Gasteiger partial charge in [-0.2, -0.15) is 0 Å². The molecule has 1 aliphatic rings. The molecule has 0 radical (unpaired) electrons. The largest absolute Gasteiger partial charge is 0.454 e. The number of likely N-dealkylation sites (N-methyl/N-ethyl adjacent to an activating group) is 1. The first-order chi connectivity index (χ1) is 11.5. The van der Waals surface area contributed by atoms with Crippen molar-refractivity contribution in [2.24, 2.45) is 0 Å². The molecular weight excluding hydrogens is 304 g/mol. The second-order valence-corrected chi connectivity index (χ2v) is 6.17. The minimum absolute atomic E-state index is 0.0499. The molecule has 2 aromatic rings. The van der Waals surface area contributed by atoms with Gasteiger partial charge in [0.1, 0.15) is 0 Å². The van der Waals surface area contributed by atoms with Crippen LogP contribution in [0.15, 0.2) is 42.5 Å². The fourth-order valence-electron chi connectivity index (χ4n) is 2.72. The summed E-state index contributed by atoms with van der Waals surface area (Å²) in [5.41, 5.74) is 2.88. The number of amides is 1. The van der Waals surface area contributed by atoms with Crippen molar-refractivity contribution in [2.45, 2.75) is 13.0 Å². The summed E-state index contributed by atoms with van der Waals surface area (Å²) in [4.78, 5) is 14.4. The number of nitrogens with one attached hydrogen (secondary N) is 1. The van der Waals surface area contributed by atoms with Crippen LogP contribution in [0.4, 0.5) is 0 Å². The predicted octanol–water partition coefficient (Wildman–Crippen LogP) is 2.76. The number of aryl methyl sites for hydroxylation is 1. The summed E-state index contributed by atoms with van der Waals surface area (Å²) < 4.78 is 10.8. The molecule has 0 unspecified atom stereocenters. The van der Waals surface area contributed by atoms with Gasteiger partial charge in [-0.1, -0.05) is 23.8 Å². The highest BCUT2D eigenvalue weighted by molar-refractivity contribution is 5.94.